The number of aliphatic hydroxyl groups excluding tert-OH is 1. The van der Waals surface area contributed by atoms with Gasteiger partial charge < -0.3 is 15.3 Å². The van der Waals surface area contributed by atoms with Crippen molar-refractivity contribution >= 4 is 6.03 Å². The summed E-state index contributed by atoms with van der Waals surface area (Å²) in [5.74, 6) is 0.802. The van der Waals surface area contributed by atoms with Gasteiger partial charge in [-0.2, -0.15) is 0 Å². The zero-order chi connectivity index (χ0) is 17.6. The fourth-order valence-corrected chi connectivity index (χ4v) is 4.02. The Hall–Kier alpha value is -1.59. The third-order valence-electron chi connectivity index (χ3n) is 5.46. The number of piperidine rings is 1. The van der Waals surface area contributed by atoms with Crippen molar-refractivity contribution in [3.63, 3.8) is 0 Å². The Labute approximate surface area is 151 Å². The van der Waals surface area contributed by atoms with Crippen LogP contribution >= 0.6 is 0 Å². The average Bonchev–Trinajstić information content (AvgIpc) is 3.10. The number of carbonyl (C=O) groups excluding carboxylic acids is 1. The van der Waals surface area contributed by atoms with Crippen LogP contribution in [0.1, 0.15) is 43.7 Å². The minimum absolute atomic E-state index is 0.0192. The van der Waals surface area contributed by atoms with Gasteiger partial charge in [0.1, 0.15) is 0 Å². The molecule has 2 unspecified atom stereocenters. The quantitative estimate of drug-likeness (QED) is 0.862. The molecule has 2 amide bonds. The van der Waals surface area contributed by atoms with E-state index in [0.717, 1.165) is 37.4 Å². The Bertz CT molecular complexity index is 561. The lowest BCUT2D eigenvalue weighted by molar-refractivity contribution is 0.157. The monoisotopic (exact) mass is 345 g/mol. The number of hydrogen-bond acceptors (Lipinski definition) is 3. The predicted octanol–water partition coefficient (Wildman–Crippen LogP) is 2.58. The number of hydrogen-bond donors (Lipinski definition) is 2. The van der Waals surface area contributed by atoms with Gasteiger partial charge in [-0.3, -0.25) is 4.90 Å². The number of nitrogens with zero attached hydrogens (tertiary/aromatic N) is 2. The van der Waals surface area contributed by atoms with Crippen molar-refractivity contribution in [3.05, 3.63) is 35.4 Å². The fourth-order valence-electron chi connectivity index (χ4n) is 4.02. The minimum atomic E-state index is -0.0667. The molecule has 2 N–H and O–H groups in total. The van der Waals surface area contributed by atoms with E-state index >= 15 is 0 Å². The van der Waals surface area contributed by atoms with Crippen LogP contribution in [0, 0.1) is 5.92 Å². The van der Waals surface area contributed by atoms with Crippen LogP contribution in [0.25, 0.3) is 0 Å². The summed E-state index contributed by atoms with van der Waals surface area (Å²) in [5, 5.41) is 12.3. The smallest absolute Gasteiger partial charge is 0.317 e. The number of likely N-dealkylation sites (tertiary alicyclic amines) is 2. The molecule has 3 rings (SSSR count). The molecule has 2 fully saturated rings. The number of rotatable bonds is 5. The molecular formula is C20H31N3O2. The Balaban J connectivity index is 1.46. The number of benzene rings is 1. The molecule has 1 aromatic carbocycles. The van der Waals surface area contributed by atoms with Crippen molar-refractivity contribution < 1.29 is 9.90 Å². The van der Waals surface area contributed by atoms with E-state index < -0.39 is 0 Å². The molecule has 5 nitrogen and oxygen atoms in total. The molecule has 25 heavy (non-hydrogen) atoms. The molecule has 0 aliphatic carbocycles. The lowest BCUT2D eigenvalue weighted by Crippen LogP contribution is -2.43. The second-order valence-corrected chi connectivity index (χ2v) is 7.63. The van der Waals surface area contributed by atoms with Crippen LogP contribution in [0.15, 0.2) is 24.3 Å². The third-order valence-corrected chi connectivity index (χ3v) is 5.46. The summed E-state index contributed by atoms with van der Waals surface area (Å²) in [6.07, 6.45) is 4.52. The molecular weight excluding hydrogens is 314 g/mol. The Morgan fingerprint density at radius 2 is 1.88 bits per heavy atom. The predicted molar refractivity (Wildman–Crippen MR) is 99.2 cm³/mol. The first-order chi connectivity index (χ1) is 12.2. The average molecular weight is 345 g/mol. The largest absolute Gasteiger partial charge is 0.394 e. The summed E-state index contributed by atoms with van der Waals surface area (Å²) in [6, 6.07) is 8.48. The molecule has 0 saturated carbocycles. The molecule has 0 radical (unpaired) electrons. The van der Waals surface area contributed by atoms with E-state index in [0.29, 0.717) is 6.54 Å². The summed E-state index contributed by atoms with van der Waals surface area (Å²) in [6.45, 7) is 7.07. The van der Waals surface area contributed by atoms with E-state index in [1.54, 1.807) is 4.90 Å². The van der Waals surface area contributed by atoms with Crippen molar-refractivity contribution in [1.29, 1.82) is 0 Å². The van der Waals surface area contributed by atoms with Gasteiger partial charge in [0.05, 0.1) is 12.6 Å². The normalized spacial score (nSPS) is 24.5. The van der Waals surface area contributed by atoms with Crippen LogP contribution in [-0.4, -0.2) is 53.2 Å². The summed E-state index contributed by atoms with van der Waals surface area (Å²) in [4.78, 5) is 16.5. The summed E-state index contributed by atoms with van der Waals surface area (Å²) in [7, 11) is 0. The topological polar surface area (TPSA) is 55.8 Å². The van der Waals surface area contributed by atoms with E-state index in [1.807, 2.05) is 0 Å². The minimum Gasteiger partial charge on any atom is -0.394 e. The van der Waals surface area contributed by atoms with Crippen LogP contribution in [0.3, 0.4) is 0 Å². The standard InChI is InChI=1S/C20H31N3O2/c1-16-4-2-10-22(13-16)14-18-8-6-17(7-9-18)12-21-20(25)23-11-3-5-19(23)15-24/h6-9,16,19,24H,2-5,10-15H2,1H3,(H,21,25). The van der Waals surface area contributed by atoms with Crippen molar-refractivity contribution in [2.75, 3.05) is 26.2 Å². The van der Waals surface area contributed by atoms with E-state index in [9.17, 15) is 9.90 Å². The summed E-state index contributed by atoms with van der Waals surface area (Å²) < 4.78 is 0. The molecule has 5 heteroatoms. The SMILES string of the molecule is CC1CCCN(Cc2ccc(CNC(=O)N3CCCC3CO)cc2)C1. The Kier molecular flexibility index (Phi) is 6.32. The second-order valence-electron chi connectivity index (χ2n) is 7.63. The van der Waals surface area contributed by atoms with Gasteiger partial charge in [0, 0.05) is 26.2 Å². The maximum absolute atomic E-state index is 12.2. The first-order valence-electron chi connectivity index (χ1n) is 9.61. The molecule has 2 aliphatic rings. The van der Waals surface area contributed by atoms with E-state index in [2.05, 4.69) is 41.4 Å². The van der Waals surface area contributed by atoms with E-state index in [4.69, 9.17) is 0 Å². The molecule has 2 atom stereocenters. The number of carbonyl (C=O) groups is 1. The van der Waals surface area contributed by atoms with Gasteiger partial charge in [-0.05, 0) is 49.3 Å². The number of amides is 2. The third kappa shape index (κ3) is 4.95. The lowest BCUT2D eigenvalue weighted by atomic mass is 9.99. The van der Waals surface area contributed by atoms with Crippen molar-refractivity contribution in [2.45, 2.75) is 51.7 Å². The van der Waals surface area contributed by atoms with Gasteiger partial charge in [-0.15, -0.1) is 0 Å². The summed E-state index contributed by atoms with van der Waals surface area (Å²) in [5.41, 5.74) is 2.45. The number of aliphatic hydroxyl groups is 1. The van der Waals surface area contributed by atoms with Crippen LogP contribution in [0.4, 0.5) is 4.79 Å². The van der Waals surface area contributed by atoms with Crippen LogP contribution in [0.2, 0.25) is 0 Å². The lowest BCUT2D eigenvalue weighted by Gasteiger charge is -2.30. The number of urea groups is 1. The maximum atomic E-state index is 12.2. The molecule has 0 bridgehead atoms. The van der Waals surface area contributed by atoms with E-state index in [-0.39, 0.29) is 18.7 Å². The van der Waals surface area contributed by atoms with E-state index in [1.165, 1.54) is 31.5 Å². The fraction of sp³-hybridized carbons (Fsp3) is 0.650. The molecule has 2 aliphatic heterocycles. The van der Waals surface area contributed by atoms with Gasteiger partial charge in [0.2, 0.25) is 0 Å². The Morgan fingerprint density at radius 3 is 2.60 bits per heavy atom. The van der Waals surface area contributed by atoms with Crippen molar-refractivity contribution in [1.82, 2.24) is 15.1 Å². The van der Waals surface area contributed by atoms with Crippen LogP contribution < -0.4 is 5.32 Å². The Morgan fingerprint density at radius 1 is 1.16 bits per heavy atom. The molecule has 1 aromatic rings. The molecule has 0 spiro atoms. The number of nitrogens with one attached hydrogen (secondary N) is 1. The van der Waals surface area contributed by atoms with Gasteiger partial charge in [0.15, 0.2) is 0 Å². The molecule has 0 aromatic heterocycles. The summed E-state index contributed by atoms with van der Waals surface area (Å²) >= 11 is 0. The highest BCUT2D eigenvalue weighted by molar-refractivity contribution is 5.74. The van der Waals surface area contributed by atoms with Gasteiger partial charge in [-0.1, -0.05) is 31.2 Å². The first kappa shape index (κ1) is 18.2. The van der Waals surface area contributed by atoms with Gasteiger partial charge in [0.25, 0.3) is 0 Å². The zero-order valence-electron chi connectivity index (χ0n) is 15.3. The highest BCUT2D eigenvalue weighted by Gasteiger charge is 2.27. The van der Waals surface area contributed by atoms with Gasteiger partial charge >= 0.3 is 6.03 Å². The molecule has 138 valence electrons. The second kappa shape index (κ2) is 8.68. The highest BCUT2D eigenvalue weighted by atomic mass is 16.3. The molecule has 2 saturated heterocycles. The van der Waals surface area contributed by atoms with Gasteiger partial charge in [-0.25, -0.2) is 4.79 Å². The van der Waals surface area contributed by atoms with Crippen LogP contribution in [-0.2, 0) is 13.1 Å². The highest BCUT2D eigenvalue weighted by Crippen LogP contribution is 2.19. The van der Waals surface area contributed by atoms with Crippen molar-refractivity contribution in [3.8, 4) is 0 Å². The maximum Gasteiger partial charge on any atom is 0.317 e. The first-order valence-corrected chi connectivity index (χ1v) is 9.61. The van der Waals surface area contributed by atoms with Crippen molar-refractivity contribution in [2.24, 2.45) is 5.92 Å². The van der Waals surface area contributed by atoms with Crippen LogP contribution in [0.5, 0.6) is 0 Å². The zero-order valence-corrected chi connectivity index (χ0v) is 15.3. The molecule has 2 heterocycles.